The van der Waals surface area contributed by atoms with Gasteiger partial charge in [0.05, 0.1) is 5.25 Å². The Morgan fingerprint density at radius 3 is 2.80 bits per heavy atom. The summed E-state index contributed by atoms with van der Waals surface area (Å²) in [6.07, 6.45) is 2.02. The third-order valence-corrected chi connectivity index (χ3v) is 3.79. The van der Waals surface area contributed by atoms with Crippen LogP contribution in [0, 0.1) is 11.8 Å². The van der Waals surface area contributed by atoms with Crippen molar-refractivity contribution in [1.29, 1.82) is 0 Å². The molecule has 1 rings (SSSR count). The average Bonchev–Trinajstić information content (AvgIpc) is 2.27. The van der Waals surface area contributed by atoms with Crippen LogP contribution >= 0.6 is 12.6 Å². The summed E-state index contributed by atoms with van der Waals surface area (Å²) in [5, 5.41) is 8.88. The van der Waals surface area contributed by atoms with Crippen molar-refractivity contribution in [2.75, 3.05) is 19.7 Å². The molecule has 1 aliphatic heterocycles. The van der Waals surface area contributed by atoms with Crippen LogP contribution in [0.15, 0.2) is 0 Å². The summed E-state index contributed by atoms with van der Waals surface area (Å²) < 4.78 is 0. The van der Waals surface area contributed by atoms with Crippen LogP contribution in [0.2, 0.25) is 0 Å². The van der Waals surface area contributed by atoms with Gasteiger partial charge in [0.1, 0.15) is 0 Å². The standard InChI is InChI=1S/C11H21NO2S/c1-8(2)10(15)11(14)12-5-3-4-9(6-12)7-13/h8-10,13,15H,3-7H2,1-2H3. The molecule has 88 valence electrons. The summed E-state index contributed by atoms with van der Waals surface area (Å²) in [5.74, 6) is 0.636. The molecule has 2 atom stereocenters. The maximum absolute atomic E-state index is 12.0. The molecule has 15 heavy (non-hydrogen) atoms. The van der Waals surface area contributed by atoms with Gasteiger partial charge in [0.15, 0.2) is 0 Å². The Bertz CT molecular complexity index is 221. The van der Waals surface area contributed by atoms with Crippen molar-refractivity contribution in [3.05, 3.63) is 0 Å². The summed E-state index contributed by atoms with van der Waals surface area (Å²) in [6.45, 7) is 5.70. The number of amides is 1. The third kappa shape index (κ3) is 3.38. The predicted octanol–water partition coefficient (Wildman–Crippen LogP) is 1.17. The molecule has 1 fully saturated rings. The van der Waals surface area contributed by atoms with E-state index >= 15 is 0 Å². The fraction of sp³-hybridized carbons (Fsp3) is 0.909. The Balaban J connectivity index is 2.52. The van der Waals surface area contributed by atoms with Crippen molar-refractivity contribution in [3.63, 3.8) is 0 Å². The molecule has 0 aliphatic carbocycles. The lowest BCUT2D eigenvalue weighted by Gasteiger charge is -2.34. The van der Waals surface area contributed by atoms with Gasteiger partial charge in [-0.2, -0.15) is 12.6 Å². The summed E-state index contributed by atoms with van der Waals surface area (Å²) in [4.78, 5) is 13.8. The average molecular weight is 231 g/mol. The second-order valence-electron chi connectivity index (χ2n) is 4.66. The molecule has 3 nitrogen and oxygen atoms in total. The van der Waals surface area contributed by atoms with Gasteiger partial charge in [-0.1, -0.05) is 13.8 Å². The molecular weight excluding hydrogens is 210 g/mol. The molecule has 0 spiro atoms. The Morgan fingerprint density at radius 2 is 2.27 bits per heavy atom. The van der Waals surface area contributed by atoms with E-state index in [4.69, 9.17) is 5.11 Å². The number of hydrogen-bond donors (Lipinski definition) is 2. The highest BCUT2D eigenvalue weighted by Crippen LogP contribution is 2.19. The molecule has 0 aromatic heterocycles. The van der Waals surface area contributed by atoms with Crippen LogP contribution in [0.3, 0.4) is 0 Å². The van der Waals surface area contributed by atoms with Gasteiger partial charge >= 0.3 is 0 Å². The van der Waals surface area contributed by atoms with Crippen molar-refractivity contribution in [3.8, 4) is 0 Å². The van der Waals surface area contributed by atoms with Crippen molar-refractivity contribution in [2.24, 2.45) is 11.8 Å². The Morgan fingerprint density at radius 1 is 1.60 bits per heavy atom. The number of hydrogen-bond acceptors (Lipinski definition) is 3. The van der Waals surface area contributed by atoms with E-state index in [1.165, 1.54) is 0 Å². The predicted molar refractivity (Wildman–Crippen MR) is 64.0 cm³/mol. The molecule has 1 N–H and O–H groups in total. The smallest absolute Gasteiger partial charge is 0.235 e. The molecule has 1 heterocycles. The first kappa shape index (κ1) is 12.8. The highest BCUT2D eigenvalue weighted by atomic mass is 32.1. The lowest BCUT2D eigenvalue weighted by Crippen LogP contribution is -2.45. The van der Waals surface area contributed by atoms with E-state index in [-0.39, 0.29) is 29.6 Å². The lowest BCUT2D eigenvalue weighted by molar-refractivity contribution is -0.133. The van der Waals surface area contributed by atoms with Gasteiger partial charge < -0.3 is 10.0 Å². The lowest BCUT2D eigenvalue weighted by atomic mass is 9.98. The van der Waals surface area contributed by atoms with E-state index in [0.717, 1.165) is 19.4 Å². The van der Waals surface area contributed by atoms with E-state index in [1.807, 2.05) is 18.7 Å². The maximum atomic E-state index is 12.0. The van der Waals surface area contributed by atoms with E-state index in [0.29, 0.717) is 6.54 Å². The number of carbonyl (C=O) groups excluding carboxylic acids is 1. The van der Waals surface area contributed by atoms with Gasteiger partial charge in [0.25, 0.3) is 0 Å². The van der Waals surface area contributed by atoms with Crippen LogP contribution in [0.1, 0.15) is 26.7 Å². The van der Waals surface area contributed by atoms with Gasteiger partial charge in [0.2, 0.25) is 5.91 Å². The number of piperidine rings is 1. The van der Waals surface area contributed by atoms with E-state index in [1.54, 1.807) is 0 Å². The van der Waals surface area contributed by atoms with Gasteiger partial charge in [-0.15, -0.1) is 0 Å². The Kier molecular flexibility index (Phi) is 4.93. The summed E-state index contributed by atoms with van der Waals surface area (Å²) in [6, 6.07) is 0. The van der Waals surface area contributed by atoms with Crippen molar-refractivity contribution in [2.45, 2.75) is 31.9 Å². The molecule has 0 aromatic carbocycles. The first-order valence-electron chi connectivity index (χ1n) is 5.64. The number of nitrogens with zero attached hydrogens (tertiary/aromatic N) is 1. The van der Waals surface area contributed by atoms with Gasteiger partial charge in [0, 0.05) is 19.7 Å². The number of aliphatic hydroxyl groups is 1. The van der Waals surface area contributed by atoms with Crippen LogP contribution in [0.25, 0.3) is 0 Å². The monoisotopic (exact) mass is 231 g/mol. The van der Waals surface area contributed by atoms with Crippen molar-refractivity contribution >= 4 is 18.5 Å². The minimum atomic E-state index is -0.206. The second-order valence-corrected chi connectivity index (χ2v) is 5.22. The quantitative estimate of drug-likeness (QED) is 0.716. The zero-order chi connectivity index (χ0) is 11.4. The highest BCUT2D eigenvalue weighted by Gasteiger charge is 2.28. The molecule has 0 bridgehead atoms. The second kappa shape index (κ2) is 5.75. The Labute approximate surface area is 97.3 Å². The fourth-order valence-electron chi connectivity index (χ4n) is 1.89. The highest BCUT2D eigenvalue weighted by molar-refractivity contribution is 7.81. The first-order valence-corrected chi connectivity index (χ1v) is 6.15. The Hall–Kier alpha value is -0.220. The molecule has 1 aliphatic rings. The van der Waals surface area contributed by atoms with Crippen LogP contribution in [0.5, 0.6) is 0 Å². The number of aliphatic hydroxyl groups excluding tert-OH is 1. The number of thiol groups is 1. The van der Waals surface area contributed by atoms with E-state index in [2.05, 4.69) is 12.6 Å². The van der Waals surface area contributed by atoms with Gasteiger partial charge in [-0.3, -0.25) is 4.79 Å². The molecular formula is C11H21NO2S. The van der Waals surface area contributed by atoms with Crippen molar-refractivity contribution in [1.82, 2.24) is 4.90 Å². The zero-order valence-corrected chi connectivity index (χ0v) is 10.4. The molecule has 0 saturated carbocycles. The molecule has 2 unspecified atom stereocenters. The summed E-state index contributed by atoms with van der Waals surface area (Å²) in [5.41, 5.74) is 0. The fourth-order valence-corrected chi connectivity index (χ4v) is 2.05. The van der Waals surface area contributed by atoms with E-state index in [9.17, 15) is 4.79 Å². The molecule has 1 saturated heterocycles. The van der Waals surface area contributed by atoms with Crippen LogP contribution < -0.4 is 0 Å². The topological polar surface area (TPSA) is 40.5 Å². The molecule has 0 radical (unpaired) electrons. The van der Waals surface area contributed by atoms with Crippen LogP contribution in [0.4, 0.5) is 0 Å². The van der Waals surface area contributed by atoms with E-state index < -0.39 is 0 Å². The van der Waals surface area contributed by atoms with Gasteiger partial charge in [-0.05, 0) is 24.7 Å². The zero-order valence-electron chi connectivity index (χ0n) is 9.52. The minimum absolute atomic E-state index is 0.117. The third-order valence-electron chi connectivity index (χ3n) is 2.97. The molecule has 0 aromatic rings. The normalized spacial score (nSPS) is 24.3. The number of rotatable bonds is 3. The SMILES string of the molecule is CC(C)C(S)C(=O)N1CCCC(CO)C1. The van der Waals surface area contributed by atoms with Crippen LogP contribution in [-0.2, 0) is 4.79 Å². The largest absolute Gasteiger partial charge is 0.396 e. The van der Waals surface area contributed by atoms with Gasteiger partial charge in [-0.25, -0.2) is 0 Å². The summed E-state index contributed by atoms with van der Waals surface area (Å²) >= 11 is 4.34. The van der Waals surface area contributed by atoms with Crippen molar-refractivity contribution < 1.29 is 9.90 Å². The maximum Gasteiger partial charge on any atom is 0.235 e. The summed E-state index contributed by atoms with van der Waals surface area (Å²) in [7, 11) is 0. The molecule has 1 amide bonds. The van der Waals surface area contributed by atoms with Crippen LogP contribution in [-0.4, -0.2) is 40.9 Å². The number of carbonyl (C=O) groups is 1. The minimum Gasteiger partial charge on any atom is -0.396 e. The number of likely N-dealkylation sites (tertiary alicyclic amines) is 1. The first-order chi connectivity index (χ1) is 7.06. The molecule has 4 heteroatoms.